The van der Waals surface area contributed by atoms with Crippen LogP contribution in [0.15, 0.2) is 40.9 Å². The van der Waals surface area contributed by atoms with E-state index in [1.807, 2.05) is 32.0 Å². The second-order valence-electron chi connectivity index (χ2n) is 9.57. The Morgan fingerprint density at radius 2 is 1.87 bits per heavy atom. The Hall–Kier alpha value is -2.77. The molecule has 0 saturated carbocycles. The van der Waals surface area contributed by atoms with E-state index in [2.05, 4.69) is 15.9 Å². The van der Waals surface area contributed by atoms with Crippen LogP contribution in [0, 0.1) is 13.8 Å². The number of carbonyl (C=O) groups is 3. The van der Waals surface area contributed by atoms with Gasteiger partial charge in [0, 0.05) is 23.0 Å². The summed E-state index contributed by atoms with van der Waals surface area (Å²) in [4.78, 5) is 40.6. The molecule has 3 aliphatic rings. The first-order valence-corrected chi connectivity index (χ1v) is 13.0. The molecule has 12 heteroatoms. The number of amides is 2. The van der Waals surface area contributed by atoms with Crippen LogP contribution >= 0.6 is 15.9 Å². The van der Waals surface area contributed by atoms with Crippen molar-refractivity contribution >= 4 is 46.3 Å². The van der Waals surface area contributed by atoms with Gasteiger partial charge >= 0.3 is 13.1 Å². The molecule has 5 rings (SSSR count). The van der Waals surface area contributed by atoms with Crippen molar-refractivity contribution < 1.29 is 38.6 Å². The van der Waals surface area contributed by atoms with E-state index in [1.54, 1.807) is 18.2 Å². The summed E-state index contributed by atoms with van der Waals surface area (Å²) < 4.78 is 17.0. The fraction of sp³-hybridized carbons (Fsp3) is 0.423. The average Bonchev–Trinajstić information content (AvgIpc) is 3.57. The Morgan fingerprint density at radius 3 is 2.50 bits per heavy atom. The van der Waals surface area contributed by atoms with Gasteiger partial charge in [0.1, 0.15) is 12.6 Å². The van der Waals surface area contributed by atoms with Gasteiger partial charge in [0.2, 0.25) is 5.91 Å². The maximum atomic E-state index is 12.9. The van der Waals surface area contributed by atoms with E-state index in [-0.39, 0.29) is 31.3 Å². The normalized spacial score (nSPS) is 19.3. The largest absolute Gasteiger partial charge is 0.488 e. The quantitative estimate of drug-likeness (QED) is 0.399. The maximum Gasteiger partial charge on any atom is 0.488 e. The number of halogens is 1. The first-order chi connectivity index (χ1) is 18.0. The molecule has 2 aromatic carbocycles. The third-order valence-electron chi connectivity index (χ3n) is 6.87. The first kappa shape index (κ1) is 28.2. The van der Waals surface area contributed by atoms with E-state index in [0.29, 0.717) is 30.8 Å². The molecule has 3 aliphatic heterocycles. The molecule has 2 aromatic rings. The van der Waals surface area contributed by atoms with Crippen LogP contribution in [0.2, 0.25) is 0 Å². The van der Waals surface area contributed by atoms with Crippen LogP contribution in [-0.4, -0.2) is 90.0 Å². The molecule has 0 radical (unpaired) electrons. The fourth-order valence-electron chi connectivity index (χ4n) is 5.00. The highest BCUT2D eigenvalue weighted by atomic mass is 79.9. The minimum Gasteiger partial charge on any atom is -0.467 e. The summed E-state index contributed by atoms with van der Waals surface area (Å²) in [7, 11) is -0.0687. The van der Waals surface area contributed by atoms with Crippen molar-refractivity contribution in [2.75, 3.05) is 33.4 Å². The van der Waals surface area contributed by atoms with E-state index in [0.717, 1.165) is 21.2 Å². The molecule has 2 fully saturated rings. The van der Waals surface area contributed by atoms with E-state index in [4.69, 9.17) is 24.3 Å². The van der Waals surface area contributed by atoms with Gasteiger partial charge < -0.3 is 34.1 Å². The summed E-state index contributed by atoms with van der Waals surface area (Å²) in [6.45, 7) is 5.06. The zero-order chi connectivity index (χ0) is 27.6. The van der Waals surface area contributed by atoms with Gasteiger partial charge in [-0.25, -0.2) is 4.79 Å². The molecule has 38 heavy (non-hydrogen) atoms. The summed E-state index contributed by atoms with van der Waals surface area (Å²) in [6.07, 6.45) is 0.229. The third kappa shape index (κ3) is 5.94. The number of carbonyl (C=O) groups excluding carboxylic acids is 3. The lowest BCUT2D eigenvalue weighted by Crippen LogP contribution is -2.46. The number of fused-ring (bicyclic) bond motifs is 1. The zero-order valence-electron chi connectivity index (χ0n) is 21.5. The molecule has 1 spiro atoms. The highest BCUT2D eigenvalue weighted by molar-refractivity contribution is 9.10. The lowest BCUT2D eigenvalue weighted by molar-refractivity contribution is -0.152. The van der Waals surface area contributed by atoms with Gasteiger partial charge in [-0.2, -0.15) is 0 Å². The third-order valence-corrected chi connectivity index (χ3v) is 7.37. The average molecular weight is 589 g/mol. The highest BCUT2D eigenvalue weighted by Gasteiger charge is 2.53. The molecule has 0 unspecified atom stereocenters. The van der Waals surface area contributed by atoms with Crippen LogP contribution in [-0.2, 0) is 30.3 Å². The molecule has 0 aromatic heterocycles. The number of methoxy groups -OCH3 is 1. The van der Waals surface area contributed by atoms with Crippen molar-refractivity contribution in [3.05, 3.63) is 63.1 Å². The molecule has 3 heterocycles. The number of esters is 1. The second kappa shape index (κ2) is 11.5. The number of hydrogen-bond donors (Lipinski definition) is 2. The topological polar surface area (TPSA) is 126 Å². The molecule has 202 valence electrons. The summed E-state index contributed by atoms with van der Waals surface area (Å²) in [5.41, 5.74) is 4.09. The van der Waals surface area contributed by atoms with Gasteiger partial charge in [0.15, 0.2) is 5.79 Å². The number of aryl methyl sites for hydroxylation is 2. The Kier molecular flexibility index (Phi) is 8.58. The smallest absolute Gasteiger partial charge is 0.467 e. The Bertz CT molecular complexity index is 1230. The second-order valence-corrected chi connectivity index (χ2v) is 10.5. The number of likely N-dealkylation sites (tertiary alicyclic amines) is 1. The Morgan fingerprint density at radius 1 is 1.16 bits per heavy atom. The van der Waals surface area contributed by atoms with Crippen molar-refractivity contribution in [2.24, 2.45) is 0 Å². The minimum absolute atomic E-state index is 0.116. The van der Waals surface area contributed by atoms with E-state index in [1.165, 1.54) is 16.9 Å². The molecular formula is C26H30BBrN2O8. The van der Waals surface area contributed by atoms with Crippen LogP contribution < -0.4 is 5.46 Å². The molecule has 2 saturated heterocycles. The van der Waals surface area contributed by atoms with Gasteiger partial charge in [-0.05, 0) is 43.1 Å². The zero-order valence-corrected chi connectivity index (χ0v) is 23.1. The minimum atomic E-state index is -1.35. The number of benzene rings is 2. The van der Waals surface area contributed by atoms with Crippen molar-refractivity contribution in [2.45, 2.75) is 38.6 Å². The molecule has 2 amide bonds. The van der Waals surface area contributed by atoms with Crippen LogP contribution in [0.25, 0.3) is 0 Å². The SMILES string of the molecule is COC(=O)[C@@H]1CC2(CN1C(=O)CN1Cc3cc(Br)ccc3C1=O)OCCO2.Cc1ccc(B(O)O)c(C)c1. The van der Waals surface area contributed by atoms with Gasteiger partial charge in [-0.1, -0.05) is 45.3 Å². The molecular weight excluding hydrogens is 559 g/mol. The first-order valence-electron chi connectivity index (χ1n) is 12.2. The van der Waals surface area contributed by atoms with E-state index in [9.17, 15) is 14.4 Å². The number of rotatable bonds is 4. The van der Waals surface area contributed by atoms with Crippen LogP contribution in [0.5, 0.6) is 0 Å². The van der Waals surface area contributed by atoms with Crippen molar-refractivity contribution in [1.29, 1.82) is 0 Å². The standard InChI is InChI=1S/C18H19BrN2O6.C8H11BO2/c1-25-17(24)14-7-18(26-4-5-27-18)10-21(14)15(22)9-20-8-11-6-12(19)2-3-13(11)16(20)23;1-6-3-4-8(9(10)11)7(2)5-6/h2-3,6,14H,4-5,7-10H2,1H3;3-5,10-11H,1-2H3/t14-;/m0./s1. The number of ether oxygens (including phenoxy) is 3. The Labute approximate surface area is 229 Å². The predicted octanol–water partition coefficient (Wildman–Crippen LogP) is 0.905. The molecule has 2 N–H and O–H groups in total. The van der Waals surface area contributed by atoms with Gasteiger partial charge in [-0.15, -0.1) is 0 Å². The van der Waals surface area contributed by atoms with E-state index >= 15 is 0 Å². The summed E-state index contributed by atoms with van der Waals surface area (Å²) >= 11 is 3.39. The van der Waals surface area contributed by atoms with Crippen LogP contribution in [0.3, 0.4) is 0 Å². The fourth-order valence-corrected chi connectivity index (χ4v) is 5.41. The Balaban J connectivity index is 0.000000257. The van der Waals surface area contributed by atoms with Gasteiger partial charge in [-0.3, -0.25) is 9.59 Å². The van der Waals surface area contributed by atoms with Crippen LogP contribution in [0.1, 0.15) is 33.5 Å². The number of hydrogen-bond acceptors (Lipinski definition) is 8. The summed E-state index contributed by atoms with van der Waals surface area (Å²) in [5.74, 6) is -2.00. The highest BCUT2D eigenvalue weighted by Crippen LogP contribution is 2.35. The van der Waals surface area contributed by atoms with Crippen molar-refractivity contribution in [3.63, 3.8) is 0 Å². The van der Waals surface area contributed by atoms with E-state index < -0.39 is 24.9 Å². The monoisotopic (exact) mass is 588 g/mol. The number of nitrogens with zero attached hydrogens (tertiary/aromatic N) is 2. The predicted molar refractivity (Wildman–Crippen MR) is 141 cm³/mol. The van der Waals surface area contributed by atoms with Crippen molar-refractivity contribution in [3.8, 4) is 0 Å². The lowest BCUT2D eigenvalue weighted by Gasteiger charge is -2.25. The lowest BCUT2D eigenvalue weighted by atomic mass is 9.77. The van der Waals surface area contributed by atoms with Gasteiger partial charge in [0.25, 0.3) is 5.91 Å². The van der Waals surface area contributed by atoms with Gasteiger partial charge in [0.05, 0.1) is 26.9 Å². The molecule has 10 nitrogen and oxygen atoms in total. The molecule has 1 atom stereocenters. The molecule has 0 bridgehead atoms. The molecule has 0 aliphatic carbocycles. The van der Waals surface area contributed by atoms with Crippen molar-refractivity contribution in [1.82, 2.24) is 9.80 Å². The summed E-state index contributed by atoms with van der Waals surface area (Å²) in [5, 5.41) is 17.7. The maximum absolute atomic E-state index is 12.9. The summed E-state index contributed by atoms with van der Waals surface area (Å²) in [6, 6.07) is 10.2. The van der Waals surface area contributed by atoms with Crippen LogP contribution in [0.4, 0.5) is 0 Å².